The Bertz CT molecular complexity index is 795. The number of pyridine rings is 1. The number of esters is 1. The summed E-state index contributed by atoms with van der Waals surface area (Å²) in [6.07, 6.45) is 5.52. The number of rotatable bonds is 8. The number of hydrogen-bond donors (Lipinski definition) is 1. The second-order valence-electron chi connectivity index (χ2n) is 7.65. The van der Waals surface area contributed by atoms with Gasteiger partial charge in [0.2, 0.25) is 0 Å². The maximum absolute atomic E-state index is 12.9. The molecule has 2 rings (SSSR count). The Hall–Kier alpha value is -2.44. The van der Waals surface area contributed by atoms with Crippen molar-refractivity contribution in [1.82, 2.24) is 14.9 Å². The van der Waals surface area contributed by atoms with Gasteiger partial charge in [-0.25, -0.2) is 4.79 Å². The third kappa shape index (κ3) is 5.05. The molecule has 2 aromatic rings. The molecule has 2 heterocycles. The summed E-state index contributed by atoms with van der Waals surface area (Å²) in [5.74, 6) is -0.856. The van der Waals surface area contributed by atoms with Crippen LogP contribution in [0.4, 0.5) is 4.39 Å². The minimum Gasteiger partial charge on any atom is -0.467 e. The molecule has 1 atom stereocenters. The van der Waals surface area contributed by atoms with Gasteiger partial charge in [0, 0.05) is 18.9 Å². The zero-order valence-corrected chi connectivity index (χ0v) is 16.4. The van der Waals surface area contributed by atoms with E-state index in [2.05, 4.69) is 10.3 Å². The van der Waals surface area contributed by atoms with Gasteiger partial charge in [-0.2, -0.15) is 0 Å². The molecule has 0 bridgehead atoms. The van der Waals surface area contributed by atoms with Crippen LogP contribution < -0.4 is 5.32 Å². The minimum absolute atomic E-state index is 0.316. The topological polar surface area (TPSA) is 73.2 Å². The number of halogens is 1. The van der Waals surface area contributed by atoms with E-state index < -0.39 is 17.4 Å². The van der Waals surface area contributed by atoms with Crippen LogP contribution in [-0.4, -0.2) is 41.3 Å². The van der Waals surface area contributed by atoms with Gasteiger partial charge in [-0.1, -0.05) is 20.8 Å². The zero-order valence-electron chi connectivity index (χ0n) is 16.4. The number of amides is 1. The van der Waals surface area contributed by atoms with Gasteiger partial charge in [0.05, 0.1) is 24.9 Å². The van der Waals surface area contributed by atoms with E-state index in [1.165, 1.54) is 7.11 Å². The van der Waals surface area contributed by atoms with Gasteiger partial charge in [0.15, 0.2) is 0 Å². The molecule has 6 nitrogen and oxygen atoms in total. The molecule has 1 N–H and O–H groups in total. The van der Waals surface area contributed by atoms with Crippen LogP contribution in [-0.2, 0) is 16.1 Å². The molecular weight excluding hydrogens is 349 g/mol. The SMILES string of the molecule is COC(=O)C(NC(=O)c1cn(CCCCCF)c2cccnc12)C(C)(C)C. The number of alkyl halides is 1. The highest BCUT2D eigenvalue weighted by atomic mass is 19.1. The summed E-state index contributed by atoms with van der Waals surface area (Å²) in [6, 6.07) is 2.94. The average Bonchev–Trinajstić information content (AvgIpc) is 3.00. The van der Waals surface area contributed by atoms with E-state index in [4.69, 9.17) is 4.74 Å². The molecule has 0 saturated carbocycles. The first-order valence-corrected chi connectivity index (χ1v) is 9.18. The quantitative estimate of drug-likeness (QED) is 0.564. The Balaban J connectivity index is 2.28. The summed E-state index contributed by atoms with van der Waals surface area (Å²) >= 11 is 0. The van der Waals surface area contributed by atoms with Crippen molar-refractivity contribution in [2.24, 2.45) is 5.41 Å². The van der Waals surface area contributed by atoms with Gasteiger partial charge in [0.25, 0.3) is 5.91 Å². The summed E-state index contributed by atoms with van der Waals surface area (Å²) < 4.78 is 19.1. The summed E-state index contributed by atoms with van der Waals surface area (Å²) in [5, 5.41) is 2.79. The summed E-state index contributed by atoms with van der Waals surface area (Å²) in [6.45, 7) is 5.95. The van der Waals surface area contributed by atoms with Crippen molar-refractivity contribution in [2.45, 2.75) is 52.6 Å². The third-order valence-corrected chi connectivity index (χ3v) is 4.49. The molecular formula is C20H28FN3O3. The van der Waals surface area contributed by atoms with Crippen molar-refractivity contribution in [1.29, 1.82) is 0 Å². The minimum atomic E-state index is -0.776. The van der Waals surface area contributed by atoms with Gasteiger partial charge in [0.1, 0.15) is 11.6 Å². The van der Waals surface area contributed by atoms with Crippen LogP contribution in [0.5, 0.6) is 0 Å². The number of unbranched alkanes of at least 4 members (excludes halogenated alkanes) is 2. The van der Waals surface area contributed by atoms with Gasteiger partial charge >= 0.3 is 5.97 Å². The standard InChI is InChI=1S/C20H28FN3O3/c1-20(2,3)17(19(26)27-4)23-18(25)14-13-24(12-7-5-6-10-21)15-9-8-11-22-16(14)15/h8-9,11,13,17H,5-7,10,12H2,1-4H3,(H,23,25). The van der Waals surface area contributed by atoms with Crippen LogP contribution >= 0.6 is 0 Å². The first-order valence-electron chi connectivity index (χ1n) is 9.18. The van der Waals surface area contributed by atoms with Crippen molar-refractivity contribution in [2.75, 3.05) is 13.8 Å². The molecule has 1 unspecified atom stereocenters. The van der Waals surface area contributed by atoms with Crippen LogP contribution in [0, 0.1) is 5.41 Å². The molecule has 0 aliphatic rings. The lowest BCUT2D eigenvalue weighted by Crippen LogP contribution is -2.49. The monoisotopic (exact) mass is 377 g/mol. The van der Waals surface area contributed by atoms with Crippen LogP contribution in [0.25, 0.3) is 11.0 Å². The van der Waals surface area contributed by atoms with E-state index in [0.717, 1.165) is 18.4 Å². The number of methoxy groups -OCH3 is 1. The number of nitrogens with zero attached hydrogens (tertiary/aromatic N) is 2. The smallest absolute Gasteiger partial charge is 0.328 e. The van der Waals surface area contributed by atoms with Crippen LogP contribution in [0.15, 0.2) is 24.5 Å². The lowest BCUT2D eigenvalue weighted by atomic mass is 9.86. The van der Waals surface area contributed by atoms with Crippen molar-refractivity contribution < 1.29 is 18.7 Å². The number of hydrogen-bond acceptors (Lipinski definition) is 4. The largest absolute Gasteiger partial charge is 0.467 e. The van der Waals surface area contributed by atoms with Crippen LogP contribution in [0.3, 0.4) is 0 Å². The lowest BCUT2D eigenvalue weighted by Gasteiger charge is -2.28. The van der Waals surface area contributed by atoms with Crippen molar-refractivity contribution in [3.8, 4) is 0 Å². The molecule has 0 aromatic carbocycles. The van der Waals surface area contributed by atoms with Crippen molar-refractivity contribution >= 4 is 22.9 Å². The Kier molecular flexibility index (Phi) is 6.93. The highest BCUT2D eigenvalue weighted by Gasteiger charge is 2.34. The van der Waals surface area contributed by atoms with Crippen molar-refractivity contribution in [3.63, 3.8) is 0 Å². The third-order valence-electron chi connectivity index (χ3n) is 4.49. The number of aromatic nitrogens is 2. The molecule has 27 heavy (non-hydrogen) atoms. The molecule has 0 aliphatic carbocycles. The first-order chi connectivity index (χ1) is 12.8. The maximum Gasteiger partial charge on any atom is 0.328 e. The van der Waals surface area contributed by atoms with Gasteiger partial charge < -0.3 is 14.6 Å². The molecule has 148 valence electrons. The Morgan fingerprint density at radius 3 is 2.67 bits per heavy atom. The Morgan fingerprint density at radius 2 is 2.04 bits per heavy atom. The van der Waals surface area contributed by atoms with E-state index in [0.29, 0.717) is 24.0 Å². The molecule has 0 spiro atoms. The number of aryl methyl sites for hydroxylation is 1. The molecule has 7 heteroatoms. The molecule has 2 aromatic heterocycles. The number of nitrogens with one attached hydrogen (secondary N) is 1. The van der Waals surface area contributed by atoms with Crippen LogP contribution in [0.2, 0.25) is 0 Å². The summed E-state index contributed by atoms with van der Waals surface area (Å²) in [4.78, 5) is 29.4. The fraction of sp³-hybridized carbons (Fsp3) is 0.550. The first kappa shape index (κ1) is 20.9. The van der Waals surface area contributed by atoms with Crippen LogP contribution in [0.1, 0.15) is 50.4 Å². The average molecular weight is 377 g/mol. The zero-order chi connectivity index (χ0) is 20.0. The van der Waals surface area contributed by atoms with E-state index in [1.807, 2.05) is 37.5 Å². The van der Waals surface area contributed by atoms with Gasteiger partial charge in [-0.05, 0) is 36.8 Å². The second-order valence-corrected chi connectivity index (χ2v) is 7.65. The van der Waals surface area contributed by atoms with E-state index in [1.54, 1.807) is 12.4 Å². The van der Waals surface area contributed by atoms with E-state index >= 15 is 0 Å². The molecule has 0 fully saturated rings. The fourth-order valence-corrected chi connectivity index (χ4v) is 2.98. The van der Waals surface area contributed by atoms with Gasteiger partial charge in [-0.3, -0.25) is 14.2 Å². The molecule has 0 aliphatic heterocycles. The highest BCUT2D eigenvalue weighted by molar-refractivity contribution is 6.06. The van der Waals surface area contributed by atoms with E-state index in [-0.39, 0.29) is 12.6 Å². The van der Waals surface area contributed by atoms with E-state index in [9.17, 15) is 14.0 Å². The number of fused-ring (bicyclic) bond motifs is 1. The van der Waals surface area contributed by atoms with Gasteiger partial charge in [-0.15, -0.1) is 0 Å². The Labute approximate surface area is 159 Å². The highest BCUT2D eigenvalue weighted by Crippen LogP contribution is 2.23. The Morgan fingerprint density at radius 1 is 1.30 bits per heavy atom. The summed E-state index contributed by atoms with van der Waals surface area (Å²) in [7, 11) is 1.30. The molecule has 1 amide bonds. The molecule has 0 radical (unpaired) electrons. The number of carbonyl (C=O) groups is 2. The molecule has 0 saturated heterocycles. The second kappa shape index (κ2) is 8.97. The summed E-state index contributed by atoms with van der Waals surface area (Å²) in [5.41, 5.74) is 1.33. The number of ether oxygens (including phenoxy) is 1. The van der Waals surface area contributed by atoms with Crippen molar-refractivity contribution in [3.05, 3.63) is 30.1 Å². The number of carbonyl (C=O) groups excluding carboxylic acids is 2. The predicted molar refractivity (Wildman–Crippen MR) is 102 cm³/mol. The normalized spacial score (nSPS) is 12.8. The predicted octanol–water partition coefficient (Wildman–Crippen LogP) is 3.49. The lowest BCUT2D eigenvalue weighted by molar-refractivity contribution is -0.145. The fourth-order valence-electron chi connectivity index (χ4n) is 2.98. The maximum atomic E-state index is 12.9.